The minimum atomic E-state index is -0.792. The van der Waals surface area contributed by atoms with Gasteiger partial charge in [0.1, 0.15) is 0 Å². The van der Waals surface area contributed by atoms with E-state index in [0.717, 1.165) is 11.1 Å². The SMILES string of the molecule is C=C(C)C=COC(=O)OC=CC(=C)C. The highest BCUT2D eigenvalue weighted by Gasteiger charge is 1.96. The van der Waals surface area contributed by atoms with E-state index in [-0.39, 0.29) is 0 Å². The third kappa shape index (κ3) is 8.33. The summed E-state index contributed by atoms with van der Waals surface area (Å²) in [5.74, 6) is 0. The lowest BCUT2D eigenvalue weighted by atomic mass is 10.3. The summed E-state index contributed by atoms with van der Waals surface area (Å²) in [6.45, 7) is 10.8. The Bertz CT molecular complexity index is 257. The van der Waals surface area contributed by atoms with Gasteiger partial charge in [0.15, 0.2) is 0 Å². The molecule has 0 unspecified atom stereocenters. The maximum atomic E-state index is 10.8. The lowest BCUT2D eigenvalue weighted by Gasteiger charge is -1.95. The number of hydrogen-bond donors (Lipinski definition) is 0. The van der Waals surface area contributed by atoms with Crippen LogP contribution >= 0.6 is 0 Å². The quantitative estimate of drug-likeness (QED) is 0.391. The van der Waals surface area contributed by atoms with Crippen molar-refractivity contribution in [1.29, 1.82) is 0 Å². The normalized spacial score (nSPS) is 10.4. The first kappa shape index (κ1) is 12.2. The maximum Gasteiger partial charge on any atom is 0.518 e. The van der Waals surface area contributed by atoms with E-state index < -0.39 is 6.16 Å². The molecule has 76 valence electrons. The molecule has 0 aromatic carbocycles. The Balaban J connectivity index is 3.77. The van der Waals surface area contributed by atoms with E-state index in [1.807, 2.05) is 0 Å². The van der Waals surface area contributed by atoms with Gasteiger partial charge in [-0.15, -0.1) is 0 Å². The predicted molar refractivity (Wildman–Crippen MR) is 55.5 cm³/mol. The number of ether oxygens (including phenoxy) is 2. The van der Waals surface area contributed by atoms with Crippen LogP contribution in [0.15, 0.2) is 49.0 Å². The topological polar surface area (TPSA) is 35.5 Å². The van der Waals surface area contributed by atoms with Crippen LogP contribution in [0.2, 0.25) is 0 Å². The van der Waals surface area contributed by atoms with E-state index in [1.54, 1.807) is 26.0 Å². The fourth-order valence-corrected chi connectivity index (χ4v) is 0.439. The fraction of sp³-hybridized carbons (Fsp3) is 0.182. The van der Waals surface area contributed by atoms with Gasteiger partial charge in [0, 0.05) is 0 Å². The maximum absolute atomic E-state index is 10.8. The average Bonchev–Trinajstić information content (AvgIpc) is 2.02. The number of carbonyl (C=O) groups is 1. The second-order valence-electron chi connectivity index (χ2n) is 2.78. The zero-order valence-corrected chi connectivity index (χ0v) is 8.45. The standard InChI is InChI=1S/C11H14O3/c1-9(2)5-7-13-11(12)14-8-6-10(3)4/h5-8H,1,3H2,2,4H3. The first-order valence-corrected chi connectivity index (χ1v) is 4.03. The van der Waals surface area contributed by atoms with E-state index in [4.69, 9.17) is 0 Å². The van der Waals surface area contributed by atoms with Gasteiger partial charge < -0.3 is 9.47 Å². The molecule has 0 N–H and O–H groups in total. The summed E-state index contributed by atoms with van der Waals surface area (Å²) in [7, 11) is 0. The largest absolute Gasteiger partial charge is 0.518 e. The Labute approximate surface area is 84.0 Å². The van der Waals surface area contributed by atoms with Gasteiger partial charge in [0.25, 0.3) is 0 Å². The van der Waals surface area contributed by atoms with Crippen LogP contribution in [0, 0.1) is 0 Å². The minimum absolute atomic E-state index is 0.787. The molecular formula is C11H14O3. The molecule has 0 aliphatic carbocycles. The smallest absolute Gasteiger partial charge is 0.403 e. The second kappa shape index (κ2) is 6.71. The van der Waals surface area contributed by atoms with Crippen molar-refractivity contribution in [2.45, 2.75) is 13.8 Å². The van der Waals surface area contributed by atoms with Crippen molar-refractivity contribution < 1.29 is 14.3 Å². The lowest BCUT2D eigenvalue weighted by molar-refractivity contribution is 0.119. The molecule has 0 rings (SSSR count). The zero-order valence-electron chi connectivity index (χ0n) is 8.45. The monoisotopic (exact) mass is 194 g/mol. The van der Waals surface area contributed by atoms with Crippen LogP contribution in [0.5, 0.6) is 0 Å². The Hall–Kier alpha value is -1.77. The van der Waals surface area contributed by atoms with E-state index in [0.29, 0.717) is 0 Å². The number of allylic oxidation sites excluding steroid dienone is 4. The molecule has 0 amide bonds. The zero-order chi connectivity index (χ0) is 11.0. The highest BCUT2D eigenvalue weighted by Crippen LogP contribution is 1.94. The third-order valence-electron chi connectivity index (χ3n) is 1.03. The minimum Gasteiger partial charge on any atom is -0.403 e. The van der Waals surface area contributed by atoms with Crippen LogP contribution in [0.4, 0.5) is 4.79 Å². The molecule has 0 radical (unpaired) electrons. The van der Waals surface area contributed by atoms with Crippen molar-refractivity contribution in [2.75, 3.05) is 0 Å². The molecule has 3 heteroatoms. The first-order chi connectivity index (χ1) is 6.52. The van der Waals surface area contributed by atoms with Crippen molar-refractivity contribution >= 4 is 6.16 Å². The molecule has 0 fully saturated rings. The summed E-state index contributed by atoms with van der Waals surface area (Å²) in [5, 5.41) is 0. The molecule has 3 nitrogen and oxygen atoms in total. The van der Waals surface area contributed by atoms with Gasteiger partial charge in [-0.2, -0.15) is 0 Å². The van der Waals surface area contributed by atoms with Crippen molar-refractivity contribution in [3.05, 3.63) is 49.0 Å². The molecule has 0 aromatic heterocycles. The van der Waals surface area contributed by atoms with E-state index >= 15 is 0 Å². The molecule has 0 spiro atoms. The molecule has 0 saturated carbocycles. The van der Waals surface area contributed by atoms with Gasteiger partial charge >= 0.3 is 6.16 Å². The molecule has 0 aromatic rings. The number of rotatable bonds is 4. The molecule has 0 saturated heterocycles. The molecule has 0 atom stereocenters. The highest BCUT2D eigenvalue weighted by molar-refractivity contribution is 5.61. The van der Waals surface area contributed by atoms with Crippen LogP contribution in [0.25, 0.3) is 0 Å². The van der Waals surface area contributed by atoms with Gasteiger partial charge in [-0.05, 0) is 26.0 Å². The molecular weight excluding hydrogens is 180 g/mol. The third-order valence-corrected chi connectivity index (χ3v) is 1.03. The van der Waals surface area contributed by atoms with E-state index in [1.165, 1.54) is 12.5 Å². The molecule has 0 aliphatic heterocycles. The number of hydrogen-bond acceptors (Lipinski definition) is 3. The van der Waals surface area contributed by atoms with E-state index in [2.05, 4.69) is 22.6 Å². The van der Waals surface area contributed by atoms with Crippen LogP contribution in [0.1, 0.15) is 13.8 Å². The van der Waals surface area contributed by atoms with Crippen LogP contribution in [-0.2, 0) is 9.47 Å². The van der Waals surface area contributed by atoms with Gasteiger partial charge in [-0.25, -0.2) is 4.79 Å². The summed E-state index contributed by atoms with van der Waals surface area (Å²) in [5.41, 5.74) is 1.57. The Morgan fingerprint density at radius 1 is 1.00 bits per heavy atom. The molecule has 0 heterocycles. The molecule has 14 heavy (non-hydrogen) atoms. The Kier molecular flexibility index (Phi) is 5.87. The molecule has 0 bridgehead atoms. The summed E-state index contributed by atoms with van der Waals surface area (Å²) < 4.78 is 9.10. The van der Waals surface area contributed by atoms with Gasteiger partial charge in [-0.3, -0.25) is 0 Å². The van der Waals surface area contributed by atoms with E-state index in [9.17, 15) is 4.79 Å². The summed E-state index contributed by atoms with van der Waals surface area (Å²) in [4.78, 5) is 10.8. The van der Waals surface area contributed by atoms with Gasteiger partial charge in [0.2, 0.25) is 0 Å². The van der Waals surface area contributed by atoms with Crippen molar-refractivity contribution in [3.8, 4) is 0 Å². The first-order valence-electron chi connectivity index (χ1n) is 4.03. The Morgan fingerprint density at radius 3 is 1.64 bits per heavy atom. The summed E-state index contributed by atoms with van der Waals surface area (Å²) in [6.07, 6.45) is 4.77. The molecule has 0 aliphatic rings. The van der Waals surface area contributed by atoms with Crippen LogP contribution < -0.4 is 0 Å². The Morgan fingerprint density at radius 2 is 1.36 bits per heavy atom. The van der Waals surface area contributed by atoms with Gasteiger partial charge in [-0.1, -0.05) is 24.3 Å². The summed E-state index contributed by atoms with van der Waals surface area (Å²) >= 11 is 0. The highest BCUT2D eigenvalue weighted by atomic mass is 16.7. The van der Waals surface area contributed by atoms with Gasteiger partial charge in [0.05, 0.1) is 12.5 Å². The van der Waals surface area contributed by atoms with Crippen LogP contribution in [0.3, 0.4) is 0 Å². The fourth-order valence-electron chi connectivity index (χ4n) is 0.439. The average molecular weight is 194 g/mol. The van der Waals surface area contributed by atoms with Crippen molar-refractivity contribution in [3.63, 3.8) is 0 Å². The summed E-state index contributed by atoms with van der Waals surface area (Å²) in [6, 6.07) is 0. The van der Waals surface area contributed by atoms with Crippen molar-refractivity contribution in [1.82, 2.24) is 0 Å². The second-order valence-corrected chi connectivity index (χ2v) is 2.78. The lowest BCUT2D eigenvalue weighted by Crippen LogP contribution is -1.97. The van der Waals surface area contributed by atoms with Crippen LogP contribution in [-0.4, -0.2) is 6.16 Å². The predicted octanol–water partition coefficient (Wildman–Crippen LogP) is 3.32. The number of carbonyl (C=O) groups excluding carboxylic acids is 1. The van der Waals surface area contributed by atoms with Crippen molar-refractivity contribution in [2.24, 2.45) is 0 Å².